The summed E-state index contributed by atoms with van der Waals surface area (Å²) in [7, 11) is 0. The highest BCUT2D eigenvalue weighted by Crippen LogP contribution is 2.35. The third kappa shape index (κ3) is 3.13. The van der Waals surface area contributed by atoms with Gasteiger partial charge in [0.05, 0.1) is 6.04 Å². The third-order valence-electron chi connectivity index (χ3n) is 5.66. The third-order valence-corrected chi connectivity index (χ3v) is 5.66. The number of dihydropyridines is 1. The van der Waals surface area contributed by atoms with Crippen LogP contribution in [0.3, 0.4) is 0 Å². The Hall–Kier alpha value is -3.33. The predicted octanol–water partition coefficient (Wildman–Crippen LogP) is 6.65. The molecule has 3 heterocycles. The van der Waals surface area contributed by atoms with Crippen molar-refractivity contribution in [3.63, 3.8) is 0 Å². The van der Waals surface area contributed by atoms with E-state index in [2.05, 4.69) is 84.8 Å². The second-order valence-electron chi connectivity index (χ2n) is 8.01. The molecular formula is C26H24N2O. The SMILES string of the molecule is Cc1ccc2c(n1)oc1c(C3C=C(c4ccc(C(C)C)cc4)C=CN3)cccc12. The van der Waals surface area contributed by atoms with E-state index >= 15 is 0 Å². The van der Waals surface area contributed by atoms with E-state index in [0.717, 1.165) is 27.6 Å². The fraction of sp³-hybridized carbons (Fsp3) is 0.192. The van der Waals surface area contributed by atoms with Gasteiger partial charge in [0.25, 0.3) is 0 Å². The smallest absolute Gasteiger partial charge is 0.227 e. The number of allylic oxidation sites excluding steroid dienone is 2. The topological polar surface area (TPSA) is 38.1 Å². The molecule has 1 atom stereocenters. The Balaban J connectivity index is 1.57. The minimum absolute atomic E-state index is 0.0464. The lowest BCUT2D eigenvalue weighted by Crippen LogP contribution is -2.16. The normalized spacial score (nSPS) is 16.4. The fourth-order valence-electron chi connectivity index (χ4n) is 4.00. The van der Waals surface area contributed by atoms with Crippen LogP contribution in [0.15, 0.2) is 77.4 Å². The molecular weight excluding hydrogens is 356 g/mol. The van der Waals surface area contributed by atoms with E-state index < -0.39 is 0 Å². The van der Waals surface area contributed by atoms with E-state index in [-0.39, 0.29) is 6.04 Å². The average Bonchev–Trinajstić information content (AvgIpc) is 3.11. The second kappa shape index (κ2) is 6.93. The monoisotopic (exact) mass is 380 g/mol. The van der Waals surface area contributed by atoms with E-state index in [4.69, 9.17) is 4.42 Å². The quantitative estimate of drug-likeness (QED) is 0.432. The molecule has 0 radical (unpaired) electrons. The van der Waals surface area contributed by atoms with Crippen molar-refractivity contribution in [3.05, 3.63) is 95.3 Å². The van der Waals surface area contributed by atoms with Crippen LogP contribution in [0.2, 0.25) is 0 Å². The van der Waals surface area contributed by atoms with Gasteiger partial charge in [-0.3, -0.25) is 0 Å². The van der Waals surface area contributed by atoms with Crippen LogP contribution in [0.1, 0.15) is 48.2 Å². The first kappa shape index (κ1) is 17.7. The zero-order chi connectivity index (χ0) is 20.0. The first-order chi connectivity index (χ1) is 14.1. The molecule has 2 aromatic carbocycles. The molecule has 0 saturated carbocycles. The number of hydrogen-bond donors (Lipinski definition) is 1. The molecule has 0 fully saturated rings. The Morgan fingerprint density at radius 3 is 2.59 bits per heavy atom. The second-order valence-corrected chi connectivity index (χ2v) is 8.01. The van der Waals surface area contributed by atoms with Gasteiger partial charge in [0, 0.05) is 22.0 Å². The van der Waals surface area contributed by atoms with Crippen molar-refractivity contribution in [3.8, 4) is 0 Å². The zero-order valence-electron chi connectivity index (χ0n) is 16.9. The number of aromatic nitrogens is 1. The van der Waals surface area contributed by atoms with Gasteiger partial charge in [-0.2, -0.15) is 0 Å². The molecule has 1 N–H and O–H groups in total. The summed E-state index contributed by atoms with van der Waals surface area (Å²) >= 11 is 0. The van der Waals surface area contributed by atoms with Gasteiger partial charge in [0.1, 0.15) is 5.58 Å². The molecule has 1 aliphatic heterocycles. The van der Waals surface area contributed by atoms with Crippen LogP contribution in [0.4, 0.5) is 0 Å². The molecule has 5 rings (SSSR count). The van der Waals surface area contributed by atoms with Crippen LogP contribution in [0.25, 0.3) is 27.6 Å². The van der Waals surface area contributed by atoms with E-state index in [1.165, 1.54) is 16.7 Å². The lowest BCUT2D eigenvalue weighted by atomic mass is 9.94. The van der Waals surface area contributed by atoms with E-state index in [0.29, 0.717) is 11.6 Å². The van der Waals surface area contributed by atoms with Crippen molar-refractivity contribution < 1.29 is 4.42 Å². The van der Waals surface area contributed by atoms with Gasteiger partial charge in [-0.1, -0.05) is 56.3 Å². The summed E-state index contributed by atoms with van der Waals surface area (Å²) in [6.45, 7) is 6.43. The van der Waals surface area contributed by atoms with Crippen LogP contribution < -0.4 is 5.32 Å². The van der Waals surface area contributed by atoms with Crippen molar-refractivity contribution in [2.75, 3.05) is 0 Å². The summed E-state index contributed by atoms with van der Waals surface area (Å²) in [4.78, 5) is 4.57. The Bertz CT molecular complexity index is 1260. The Kier molecular flexibility index (Phi) is 4.24. The van der Waals surface area contributed by atoms with Gasteiger partial charge in [-0.15, -0.1) is 0 Å². The summed E-state index contributed by atoms with van der Waals surface area (Å²) in [5, 5.41) is 5.65. The van der Waals surface area contributed by atoms with Crippen molar-refractivity contribution in [1.82, 2.24) is 10.3 Å². The fourth-order valence-corrected chi connectivity index (χ4v) is 4.00. The molecule has 0 saturated heterocycles. The Labute approximate surface area is 170 Å². The first-order valence-electron chi connectivity index (χ1n) is 10.1. The Morgan fingerprint density at radius 1 is 0.966 bits per heavy atom. The standard InChI is InChI=1S/C26H24N2O/c1-16(2)18-8-10-19(11-9-18)20-13-14-27-24(15-20)23-6-4-5-21-22-12-7-17(3)28-26(22)29-25(21)23/h4-16,24,27H,1-3H3. The summed E-state index contributed by atoms with van der Waals surface area (Å²) in [6.07, 6.45) is 6.43. The number of furan rings is 1. The highest BCUT2D eigenvalue weighted by atomic mass is 16.3. The molecule has 1 aliphatic rings. The molecule has 1 unspecified atom stereocenters. The highest BCUT2D eigenvalue weighted by Gasteiger charge is 2.19. The first-order valence-corrected chi connectivity index (χ1v) is 10.1. The minimum Gasteiger partial charge on any atom is -0.437 e. The van der Waals surface area contributed by atoms with Crippen molar-refractivity contribution in [2.24, 2.45) is 0 Å². The number of pyridine rings is 1. The van der Waals surface area contributed by atoms with E-state index in [9.17, 15) is 0 Å². The summed E-state index contributed by atoms with van der Waals surface area (Å²) in [5.74, 6) is 0.539. The van der Waals surface area contributed by atoms with Crippen LogP contribution in [-0.4, -0.2) is 4.98 Å². The maximum Gasteiger partial charge on any atom is 0.227 e. The molecule has 2 aromatic heterocycles. The van der Waals surface area contributed by atoms with Gasteiger partial charge < -0.3 is 9.73 Å². The number of fused-ring (bicyclic) bond motifs is 3. The summed E-state index contributed by atoms with van der Waals surface area (Å²) in [6, 6.07) is 19.4. The molecule has 4 aromatic rings. The average molecular weight is 380 g/mol. The lowest BCUT2D eigenvalue weighted by Gasteiger charge is -2.20. The molecule has 3 heteroatoms. The molecule has 0 spiro atoms. The van der Waals surface area contributed by atoms with Crippen molar-refractivity contribution in [1.29, 1.82) is 0 Å². The number of aryl methyl sites for hydroxylation is 1. The van der Waals surface area contributed by atoms with Crippen LogP contribution >= 0.6 is 0 Å². The van der Waals surface area contributed by atoms with E-state index in [1.807, 2.05) is 19.2 Å². The maximum atomic E-state index is 6.20. The van der Waals surface area contributed by atoms with Crippen LogP contribution in [0, 0.1) is 6.92 Å². The summed E-state index contributed by atoms with van der Waals surface area (Å²) in [5.41, 5.74) is 7.49. The Morgan fingerprint density at radius 2 is 1.79 bits per heavy atom. The maximum absolute atomic E-state index is 6.20. The number of nitrogens with one attached hydrogen (secondary N) is 1. The van der Waals surface area contributed by atoms with E-state index in [1.54, 1.807) is 0 Å². The van der Waals surface area contributed by atoms with Gasteiger partial charge in [-0.25, -0.2) is 4.98 Å². The number of para-hydroxylation sites is 1. The van der Waals surface area contributed by atoms with Crippen LogP contribution in [0.5, 0.6) is 0 Å². The van der Waals surface area contributed by atoms with Gasteiger partial charge in [-0.05, 0) is 60.0 Å². The molecule has 0 bridgehead atoms. The minimum atomic E-state index is 0.0464. The highest BCUT2D eigenvalue weighted by molar-refractivity contribution is 6.04. The lowest BCUT2D eigenvalue weighted by molar-refractivity contribution is 0.636. The van der Waals surface area contributed by atoms with Crippen molar-refractivity contribution in [2.45, 2.75) is 32.7 Å². The number of nitrogens with zero attached hydrogens (tertiary/aromatic N) is 1. The largest absolute Gasteiger partial charge is 0.437 e. The number of rotatable bonds is 3. The molecule has 0 aliphatic carbocycles. The summed E-state index contributed by atoms with van der Waals surface area (Å²) < 4.78 is 6.20. The van der Waals surface area contributed by atoms with Crippen molar-refractivity contribution >= 4 is 27.6 Å². The van der Waals surface area contributed by atoms with Gasteiger partial charge >= 0.3 is 0 Å². The number of hydrogen-bond acceptors (Lipinski definition) is 3. The van der Waals surface area contributed by atoms with Crippen LogP contribution in [-0.2, 0) is 0 Å². The van der Waals surface area contributed by atoms with Gasteiger partial charge in [0.2, 0.25) is 5.71 Å². The molecule has 29 heavy (non-hydrogen) atoms. The van der Waals surface area contributed by atoms with Gasteiger partial charge in [0.15, 0.2) is 0 Å². The molecule has 144 valence electrons. The number of benzene rings is 2. The zero-order valence-corrected chi connectivity index (χ0v) is 16.9. The molecule has 0 amide bonds. The molecule has 3 nitrogen and oxygen atoms in total. The predicted molar refractivity (Wildman–Crippen MR) is 120 cm³/mol.